The van der Waals surface area contributed by atoms with Crippen molar-refractivity contribution in [3.8, 4) is 0 Å². The third-order valence-electron chi connectivity index (χ3n) is 4.10. The Morgan fingerprint density at radius 2 is 2.19 bits per heavy atom. The van der Waals surface area contributed by atoms with E-state index in [1.165, 1.54) is 11.3 Å². The molecule has 21 heavy (non-hydrogen) atoms. The molecular formula is C15H23N5O. The minimum Gasteiger partial charge on any atom is -0.375 e. The van der Waals surface area contributed by atoms with Gasteiger partial charge in [0.2, 0.25) is 0 Å². The van der Waals surface area contributed by atoms with Crippen molar-refractivity contribution in [2.24, 2.45) is 7.05 Å². The molecule has 6 heteroatoms. The second-order valence-electron chi connectivity index (χ2n) is 5.57. The van der Waals surface area contributed by atoms with Gasteiger partial charge in [-0.05, 0) is 13.8 Å². The summed E-state index contributed by atoms with van der Waals surface area (Å²) in [7, 11) is 1.95. The summed E-state index contributed by atoms with van der Waals surface area (Å²) in [5, 5.41) is 4.24. The van der Waals surface area contributed by atoms with E-state index in [2.05, 4.69) is 32.7 Å². The van der Waals surface area contributed by atoms with E-state index in [1.54, 1.807) is 0 Å². The number of hydrogen-bond donors (Lipinski definition) is 0. The lowest BCUT2D eigenvalue weighted by atomic mass is 10.2. The molecule has 0 saturated heterocycles. The fraction of sp³-hybridized carbons (Fsp3) is 0.600. The summed E-state index contributed by atoms with van der Waals surface area (Å²) in [6.45, 7) is 8.55. The van der Waals surface area contributed by atoms with E-state index >= 15 is 0 Å². The van der Waals surface area contributed by atoms with Crippen LogP contribution in [0.1, 0.15) is 37.0 Å². The van der Waals surface area contributed by atoms with Gasteiger partial charge < -0.3 is 9.30 Å². The Bertz CT molecular complexity index is 603. The largest absolute Gasteiger partial charge is 0.375 e. The van der Waals surface area contributed by atoms with Crippen molar-refractivity contribution in [3.05, 3.63) is 35.7 Å². The maximum Gasteiger partial charge on any atom is 0.126 e. The van der Waals surface area contributed by atoms with Crippen LogP contribution in [0.25, 0.3) is 0 Å². The number of fused-ring (bicyclic) bond motifs is 1. The van der Waals surface area contributed by atoms with Gasteiger partial charge in [0.05, 0.1) is 30.7 Å². The van der Waals surface area contributed by atoms with E-state index in [0.29, 0.717) is 12.6 Å². The van der Waals surface area contributed by atoms with Crippen LogP contribution in [-0.4, -0.2) is 37.4 Å². The van der Waals surface area contributed by atoms with Crippen molar-refractivity contribution in [1.82, 2.24) is 24.2 Å². The standard InChI is InChI=1S/C15H23N5O/c1-4-21-11-14-8-16-15-12(2)19(5-6-20(14)15)10-13-7-17-18(3)9-13/h7-9,12H,4-6,10-11H2,1-3H3. The average Bonchev–Trinajstić information content (AvgIpc) is 3.06. The van der Waals surface area contributed by atoms with Gasteiger partial charge in [-0.1, -0.05) is 0 Å². The molecule has 0 aromatic carbocycles. The van der Waals surface area contributed by atoms with E-state index < -0.39 is 0 Å². The number of nitrogens with zero attached hydrogens (tertiary/aromatic N) is 5. The SMILES string of the molecule is CCOCc1cnc2n1CCN(Cc1cnn(C)c1)C2C. The molecule has 0 bridgehead atoms. The number of hydrogen-bond acceptors (Lipinski definition) is 4. The molecule has 0 fully saturated rings. The maximum atomic E-state index is 5.52. The lowest BCUT2D eigenvalue weighted by molar-refractivity contribution is 0.119. The monoisotopic (exact) mass is 289 g/mol. The Kier molecular flexibility index (Phi) is 4.07. The lowest BCUT2D eigenvalue weighted by Gasteiger charge is -2.34. The number of imidazole rings is 1. The van der Waals surface area contributed by atoms with Gasteiger partial charge in [0.15, 0.2) is 0 Å². The summed E-state index contributed by atoms with van der Waals surface area (Å²) < 4.78 is 9.68. The third kappa shape index (κ3) is 2.87. The molecule has 1 unspecified atom stereocenters. The normalized spacial score (nSPS) is 18.9. The van der Waals surface area contributed by atoms with E-state index in [9.17, 15) is 0 Å². The van der Waals surface area contributed by atoms with Crippen molar-refractivity contribution >= 4 is 0 Å². The zero-order valence-electron chi connectivity index (χ0n) is 13.0. The van der Waals surface area contributed by atoms with Crippen LogP contribution in [0.2, 0.25) is 0 Å². The second-order valence-corrected chi connectivity index (χ2v) is 5.57. The molecule has 1 aliphatic rings. The van der Waals surface area contributed by atoms with Crippen LogP contribution in [0.4, 0.5) is 0 Å². The van der Waals surface area contributed by atoms with Gasteiger partial charge in [-0.2, -0.15) is 5.10 Å². The fourth-order valence-corrected chi connectivity index (χ4v) is 2.93. The number of ether oxygens (including phenoxy) is 1. The summed E-state index contributed by atoms with van der Waals surface area (Å²) >= 11 is 0. The zero-order chi connectivity index (χ0) is 14.8. The van der Waals surface area contributed by atoms with Gasteiger partial charge >= 0.3 is 0 Å². The number of aryl methyl sites for hydroxylation is 1. The summed E-state index contributed by atoms with van der Waals surface area (Å²) in [5.41, 5.74) is 2.43. The molecule has 3 rings (SSSR count). The second kappa shape index (κ2) is 5.99. The zero-order valence-corrected chi connectivity index (χ0v) is 13.0. The first kappa shape index (κ1) is 14.3. The van der Waals surface area contributed by atoms with Gasteiger partial charge in [0.1, 0.15) is 5.82 Å². The molecule has 6 nitrogen and oxygen atoms in total. The first-order chi connectivity index (χ1) is 10.2. The molecular weight excluding hydrogens is 266 g/mol. The van der Waals surface area contributed by atoms with Crippen LogP contribution in [0.5, 0.6) is 0 Å². The predicted molar refractivity (Wildman–Crippen MR) is 79.6 cm³/mol. The first-order valence-corrected chi connectivity index (χ1v) is 7.52. The van der Waals surface area contributed by atoms with Crippen LogP contribution >= 0.6 is 0 Å². The van der Waals surface area contributed by atoms with Crippen molar-refractivity contribution < 1.29 is 4.74 Å². The molecule has 0 radical (unpaired) electrons. The van der Waals surface area contributed by atoms with E-state index in [1.807, 2.05) is 31.0 Å². The number of rotatable bonds is 5. The van der Waals surface area contributed by atoms with Gasteiger partial charge in [-0.3, -0.25) is 9.58 Å². The Morgan fingerprint density at radius 3 is 2.90 bits per heavy atom. The highest BCUT2D eigenvalue weighted by Gasteiger charge is 2.27. The molecule has 3 heterocycles. The molecule has 0 aliphatic carbocycles. The molecule has 0 saturated carbocycles. The van der Waals surface area contributed by atoms with Crippen LogP contribution in [-0.2, 0) is 31.5 Å². The minimum absolute atomic E-state index is 0.314. The summed E-state index contributed by atoms with van der Waals surface area (Å²) in [5.74, 6) is 1.14. The molecule has 1 aliphatic heterocycles. The van der Waals surface area contributed by atoms with Crippen molar-refractivity contribution in [2.75, 3.05) is 13.2 Å². The maximum absolute atomic E-state index is 5.52. The van der Waals surface area contributed by atoms with E-state index in [-0.39, 0.29) is 0 Å². The molecule has 2 aromatic rings. The Morgan fingerprint density at radius 1 is 1.33 bits per heavy atom. The van der Waals surface area contributed by atoms with Crippen LogP contribution in [0.3, 0.4) is 0 Å². The summed E-state index contributed by atoms with van der Waals surface area (Å²) in [4.78, 5) is 7.06. The Balaban J connectivity index is 1.73. The highest BCUT2D eigenvalue weighted by Crippen LogP contribution is 2.26. The summed E-state index contributed by atoms with van der Waals surface area (Å²) in [6, 6.07) is 0.314. The van der Waals surface area contributed by atoms with Crippen LogP contribution < -0.4 is 0 Å². The first-order valence-electron chi connectivity index (χ1n) is 7.52. The van der Waals surface area contributed by atoms with E-state index in [0.717, 1.165) is 32.1 Å². The average molecular weight is 289 g/mol. The Hall–Kier alpha value is -1.66. The highest BCUT2D eigenvalue weighted by atomic mass is 16.5. The molecule has 0 N–H and O–H groups in total. The lowest BCUT2D eigenvalue weighted by Crippen LogP contribution is -2.37. The fourth-order valence-electron chi connectivity index (χ4n) is 2.93. The highest BCUT2D eigenvalue weighted by molar-refractivity contribution is 5.12. The van der Waals surface area contributed by atoms with Gasteiger partial charge in [0.25, 0.3) is 0 Å². The molecule has 0 amide bonds. The third-order valence-corrected chi connectivity index (χ3v) is 4.10. The van der Waals surface area contributed by atoms with Crippen LogP contribution in [0.15, 0.2) is 18.6 Å². The predicted octanol–water partition coefficient (Wildman–Crippen LogP) is 1.73. The summed E-state index contributed by atoms with van der Waals surface area (Å²) in [6.07, 6.45) is 5.97. The van der Waals surface area contributed by atoms with E-state index in [4.69, 9.17) is 4.74 Å². The topological polar surface area (TPSA) is 48.1 Å². The smallest absolute Gasteiger partial charge is 0.126 e. The van der Waals surface area contributed by atoms with Crippen molar-refractivity contribution in [2.45, 2.75) is 39.6 Å². The van der Waals surface area contributed by atoms with Gasteiger partial charge in [0, 0.05) is 45.0 Å². The molecule has 114 valence electrons. The van der Waals surface area contributed by atoms with Crippen molar-refractivity contribution in [1.29, 1.82) is 0 Å². The van der Waals surface area contributed by atoms with Crippen molar-refractivity contribution in [3.63, 3.8) is 0 Å². The molecule has 1 atom stereocenters. The molecule has 2 aromatic heterocycles. The Labute approximate surface area is 125 Å². The number of aromatic nitrogens is 4. The van der Waals surface area contributed by atoms with Gasteiger partial charge in [-0.15, -0.1) is 0 Å². The van der Waals surface area contributed by atoms with Gasteiger partial charge in [-0.25, -0.2) is 4.98 Å². The minimum atomic E-state index is 0.314. The molecule has 0 spiro atoms. The van der Waals surface area contributed by atoms with Crippen LogP contribution in [0, 0.1) is 0 Å². The quantitative estimate of drug-likeness (QED) is 0.841.